The van der Waals surface area contributed by atoms with E-state index in [4.69, 9.17) is 16.3 Å². The van der Waals surface area contributed by atoms with E-state index in [1.54, 1.807) is 19.2 Å². The zero-order valence-electron chi connectivity index (χ0n) is 15.7. The molecule has 0 aliphatic carbocycles. The Bertz CT molecular complexity index is 811. The summed E-state index contributed by atoms with van der Waals surface area (Å²) in [7, 11) is 1.57. The molecule has 0 fully saturated rings. The van der Waals surface area contributed by atoms with Gasteiger partial charge in [-0.2, -0.15) is 0 Å². The molecule has 0 aliphatic heterocycles. The summed E-state index contributed by atoms with van der Waals surface area (Å²) in [4.78, 5) is 26.3. The van der Waals surface area contributed by atoms with Gasteiger partial charge in [0.2, 0.25) is 11.8 Å². The lowest BCUT2D eigenvalue weighted by atomic mass is 10.2. The summed E-state index contributed by atoms with van der Waals surface area (Å²) >= 11 is 5.97. The molecule has 2 amide bonds. The smallest absolute Gasteiger partial charge is 0.244 e. The van der Waals surface area contributed by atoms with Gasteiger partial charge in [-0.25, -0.2) is 0 Å². The second-order valence-corrected chi connectivity index (χ2v) is 6.41. The Labute approximate surface area is 164 Å². The predicted octanol–water partition coefficient (Wildman–Crippen LogP) is 3.56. The molecule has 0 saturated carbocycles. The van der Waals surface area contributed by atoms with E-state index in [-0.39, 0.29) is 24.9 Å². The van der Waals surface area contributed by atoms with Crippen molar-refractivity contribution in [1.82, 2.24) is 4.90 Å². The number of benzene rings is 2. The van der Waals surface area contributed by atoms with Gasteiger partial charge in [0.15, 0.2) is 0 Å². The quantitative estimate of drug-likeness (QED) is 0.724. The standard InChI is InChI=1S/C20H24ClN3O3/c1-4-24(13-19(25)23-17-11-15(21)10-9-14(17)2)20(26)12-22-16-7-5-6-8-18(16)27-3/h5-11,22H,4,12-13H2,1-3H3,(H,23,25). The Kier molecular flexibility index (Phi) is 7.49. The summed E-state index contributed by atoms with van der Waals surface area (Å²) in [5, 5.41) is 6.40. The van der Waals surface area contributed by atoms with Crippen LogP contribution in [0.4, 0.5) is 11.4 Å². The Morgan fingerprint density at radius 3 is 2.59 bits per heavy atom. The number of nitrogens with one attached hydrogen (secondary N) is 2. The number of carbonyl (C=O) groups excluding carboxylic acids is 2. The molecule has 0 unspecified atom stereocenters. The molecule has 2 rings (SSSR count). The molecule has 7 heteroatoms. The van der Waals surface area contributed by atoms with Crippen LogP contribution in [-0.2, 0) is 9.59 Å². The lowest BCUT2D eigenvalue weighted by molar-refractivity contribution is -0.132. The number of ether oxygens (including phenoxy) is 1. The number of halogens is 1. The second kappa shape index (κ2) is 9.83. The van der Waals surface area contributed by atoms with E-state index in [0.717, 1.165) is 11.3 Å². The van der Waals surface area contributed by atoms with E-state index in [0.29, 0.717) is 23.0 Å². The largest absolute Gasteiger partial charge is 0.495 e. The maximum absolute atomic E-state index is 12.5. The molecule has 27 heavy (non-hydrogen) atoms. The molecular formula is C20H24ClN3O3. The number of amides is 2. The van der Waals surface area contributed by atoms with Crippen LogP contribution in [0.5, 0.6) is 5.75 Å². The molecule has 0 aromatic heterocycles. The van der Waals surface area contributed by atoms with Crippen LogP contribution in [0.15, 0.2) is 42.5 Å². The number of nitrogens with zero attached hydrogens (tertiary/aromatic N) is 1. The van der Waals surface area contributed by atoms with Crippen LogP contribution in [0.3, 0.4) is 0 Å². The molecule has 2 aromatic rings. The number of methoxy groups -OCH3 is 1. The van der Waals surface area contributed by atoms with Crippen molar-refractivity contribution in [3.05, 3.63) is 53.1 Å². The fourth-order valence-electron chi connectivity index (χ4n) is 2.54. The third-order valence-electron chi connectivity index (χ3n) is 4.08. The molecule has 144 valence electrons. The average molecular weight is 390 g/mol. The van der Waals surface area contributed by atoms with Crippen molar-refractivity contribution in [1.29, 1.82) is 0 Å². The molecular weight excluding hydrogens is 366 g/mol. The third-order valence-corrected chi connectivity index (χ3v) is 4.31. The van der Waals surface area contributed by atoms with Crippen LogP contribution < -0.4 is 15.4 Å². The minimum atomic E-state index is -0.271. The lowest BCUT2D eigenvalue weighted by Crippen LogP contribution is -2.40. The van der Waals surface area contributed by atoms with Gasteiger partial charge in [-0.15, -0.1) is 0 Å². The van der Waals surface area contributed by atoms with Gasteiger partial charge in [-0.3, -0.25) is 9.59 Å². The van der Waals surface area contributed by atoms with Crippen molar-refractivity contribution in [3.8, 4) is 5.75 Å². The Balaban J connectivity index is 1.94. The van der Waals surface area contributed by atoms with Gasteiger partial charge in [-0.05, 0) is 43.7 Å². The highest BCUT2D eigenvalue weighted by molar-refractivity contribution is 6.31. The van der Waals surface area contributed by atoms with E-state index in [1.165, 1.54) is 4.90 Å². The van der Waals surface area contributed by atoms with Crippen molar-refractivity contribution in [2.75, 3.05) is 37.4 Å². The highest BCUT2D eigenvalue weighted by Gasteiger charge is 2.16. The first-order valence-corrected chi connectivity index (χ1v) is 9.03. The van der Waals surface area contributed by atoms with E-state index in [2.05, 4.69) is 10.6 Å². The van der Waals surface area contributed by atoms with Crippen molar-refractivity contribution in [3.63, 3.8) is 0 Å². The van der Waals surface area contributed by atoms with Gasteiger partial charge in [0.1, 0.15) is 5.75 Å². The Morgan fingerprint density at radius 1 is 1.15 bits per heavy atom. The van der Waals surface area contributed by atoms with Crippen LogP contribution in [-0.4, -0.2) is 43.5 Å². The first kappa shape index (κ1) is 20.6. The minimum absolute atomic E-state index is 0.0328. The zero-order valence-corrected chi connectivity index (χ0v) is 16.5. The van der Waals surface area contributed by atoms with Crippen molar-refractivity contribution in [2.45, 2.75) is 13.8 Å². The zero-order chi connectivity index (χ0) is 19.8. The summed E-state index contributed by atoms with van der Waals surface area (Å²) in [6.45, 7) is 4.17. The number of hydrogen-bond donors (Lipinski definition) is 2. The second-order valence-electron chi connectivity index (χ2n) is 5.97. The molecule has 0 radical (unpaired) electrons. The average Bonchev–Trinajstić information content (AvgIpc) is 2.67. The lowest BCUT2D eigenvalue weighted by Gasteiger charge is -2.21. The molecule has 0 aliphatic rings. The van der Waals surface area contributed by atoms with Gasteiger partial charge in [-0.1, -0.05) is 29.8 Å². The fourth-order valence-corrected chi connectivity index (χ4v) is 2.71. The minimum Gasteiger partial charge on any atom is -0.495 e. The molecule has 0 saturated heterocycles. The van der Waals surface area contributed by atoms with Crippen LogP contribution in [0.25, 0.3) is 0 Å². The molecule has 2 aromatic carbocycles. The third kappa shape index (κ3) is 5.89. The van der Waals surface area contributed by atoms with Crippen LogP contribution >= 0.6 is 11.6 Å². The van der Waals surface area contributed by atoms with Gasteiger partial charge in [0.05, 0.1) is 25.9 Å². The van der Waals surface area contributed by atoms with E-state index in [9.17, 15) is 9.59 Å². The highest BCUT2D eigenvalue weighted by Crippen LogP contribution is 2.23. The Morgan fingerprint density at radius 2 is 1.89 bits per heavy atom. The molecule has 6 nitrogen and oxygen atoms in total. The van der Waals surface area contributed by atoms with Gasteiger partial charge in [0, 0.05) is 17.3 Å². The van der Waals surface area contributed by atoms with Crippen molar-refractivity contribution >= 4 is 34.8 Å². The molecule has 2 N–H and O–H groups in total. The number of carbonyl (C=O) groups is 2. The molecule has 0 bridgehead atoms. The van der Waals surface area contributed by atoms with Crippen LogP contribution in [0.2, 0.25) is 5.02 Å². The summed E-state index contributed by atoms with van der Waals surface area (Å²) in [6, 6.07) is 12.6. The van der Waals surface area contributed by atoms with E-state index in [1.807, 2.05) is 44.2 Å². The van der Waals surface area contributed by atoms with Crippen molar-refractivity contribution in [2.24, 2.45) is 0 Å². The molecule has 0 atom stereocenters. The SMILES string of the molecule is CCN(CC(=O)Nc1cc(Cl)ccc1C)C(=O)CNc1ccccc1OC. The monoisotopic (exact) mass is 389 g/mol. The van der Waals surface area contributed by atoms with E-state index < -0.39 is 0 Å². The molecule has 0 heterocycles. The number of aryl methyl sites for hydroxylation is 1. The summed E-state index contributed by atoms with van der Waals surface area (Å²) in [6.07, 6.45) is 0. The topological polar surface area (TPSA) is 70.7 Å². The van der Waals surface area contributed by atoms with Gasteiger partial charge >= 0.3 is 0 Å². The first-order chi connectivity index (χ1) is 12.9. The normalized spacial score (nSPS) is 10.2. The number of para-hydroxylation sites is 2. The van der Waals surface area contributed by atoms with Crippen molar-refractivity contribution < 1.29 is 14.3 Å². The van der Waals surface area contributed by atoms with Crippen LogP contribution in [0.1, 0.15) is 12.5 Å². The number of likely N-dealkylation sites (N-methyl/N-ethyl adjacent to an activating group) is 1. The van der Waals surface area contributed by atoms with Gasteiger partial charge in [0.25, 0.3) is 0 Å². The molecule has 0 spiro atoms. The maximum atomic E-state index is 12.5. The summed E-state index contributed by atoms with van der Waals surface area (Å²) < 4.78 is 5.25. The number of rotatable bonds is 8. The van der Waals surface area contributed by atoms with Gasteiger partial charge < -0.3 is 20.3 Å². The maximum Gasteiger partial charge on any atom is 0.244 e. The Hall–Kier alpha value is -2.73. The number of hydrogen-bond acceptors (Lipinski definition) is 4. The predicted molar refractivity (Wildman–Crippen MR) is 109 cm³/mol. The number of anilines is 2. The fraction of sp³-hybridized carbons (Fsp3) is 0.300. The highest BCUT2D eigenvalue weighted by atomic mass is 35.5. The first-order valence-electron chi connectivity index (χ1n) is 8.65. The summed E-state index contributed by atoms with van der Waals surface area (Å²) in [5.41, 5.74) is 2.27. The summed E-state index contributed by atoms with van der Waals surface area (Å²) in [5.74, 6) is 0.205. The van der Waals surface area contributed by atoms with Crippen LogP contribution in [0, 0.1) is 6.92 Å². The van der Waals surface area contributed by atoms with E-state index >= 15 is 0 Å².